The van der Waals surface area contributed by atoms with E-state index in [2.05, 4.69) is 5.32 Å². The van der Waals surface area contributed by atoms with Crippen molar-refractivity contribution in [2.24, 2.45) is 5.92 Å². The van der Waals surface area contributed by atoms with Gasteiger partial charge in [-0.25, -0.2) is 0 Å². The molecule has 146 valence electrons. The van der Waals surface area contributed by atoms with E-state index in [9.17, 15) is 14.4 Å². The molecule has 0 saturated carbocycles. The van der Waals surface area contributed by atoms with Crippen LogP contribution in [0, 0.1) is 5.92 Å². The lowest BCUT2D eigenvalue weighted by atomic mass is 9.97. The molecule has 1 aliphatic rings. The number of anilines is 1. The summed E-state index contributed by atoms with van der Waals surface area (Å²) in [6, 6.07) is 11.9. The molecule has 2 aromatic carbocycles. The van der Waals surface area contributed by atoms with E-state index in [0.29, 0.717) is 28.4 Å². The highest BCUT2D eigenvalue weighted by atomic mass is 35.5. The third-order valence-electron chi connectivity index (χ3n) is 4.49. The summed E-state index contributed by atoms with van der Waals surface area (Å²) in [6.45, 7) is 3.08. The molecule has 0 aliphatic carbocycles. The molecular weight excluding hydrogens is 382 g/mol. The summed E-state index contributed by atoms with van der Waals surface area (Å²) >= 11 is 5.99. The van der Waals surface area contributed by atoms with E-state index >= 15 is 0 Å². The lowest BCUT2D eigenvalue weighted by Gasteiger charge is -2.25. The summed E-state index contributed by atoms with van der Waals surface area (Å²) in [5.74, 6) is -1.03. The van der Waals surface area contributed by atoms with Crippen molar-refractivity contribution >= 4 is 34.9 Å². The monoisotopic (exact) mass is 401 g/mol. The van der Waals surface area contributed by atoms with Crippen LogP contribution in [0.2, 0.25) is 5.02 Å². The van der Waals surface area contributed by atoms with Crippen LogP contribution >= 0.6 is 11.6 Å². The van der Waals surface area contributed by atoms with Crippen molar-refractivity contribution in [3.05, 3.63) is 58.6 Å². The number of ketones is 1. The Bertz CT molecular complexity index is 927. The molecule has 1 aliphatic heterocycles. The molecule has 1 N–H and O–H groups in total. The molecule has 0 bridgehead atoms. The van der Waals surface area contributed by atoms with E-state index in [1.807, 2.05) is 0 Å². The SMILES string of the molecule is CC(=O)c1ccccc1NC(=O)[C@@H](C)OC(=O)[C@@H]1COc2ccc(Cl)cc2C1. The number of amides is 1. The first-order chi connectivity index (χ1) is 13.3. The summed E-state index contributed by atoms with van der Waals surface area (Å²) in [5.41, 5.74) is 1.60. The van der Waals surface area contributed by atoms with Crippen LogP contribution in [0.1, 0.15) is 29.8 Å². The second-order valence-corrected chi connectivity index (χ2v) is 7.07. The summed E-state index contributed by atoms with van der Waals surface area (Å²) in [7, 11) is 0. The molecule has 2 aromatic rings. The quantitative estimate of drug-likeness (QED) is 0.610. The zero-order valence-corrected chi connectivity index (χ0v) is 16.3. The van der Waals surface area contributed by atoms with Gasteiger partial charge < -0.3 is 14.8 Å². The zero-order valence-electron chi connectivity index (χ0n) is 15.5. The van der Waals surface area contributed by atoms with Crippen LogP contribution in [0.15, 0.2) is 42.5 Å². The second kappa shape index (κ2) is 8.44. The second-order valence-electron chi connectivity index (χ2n) is 6.63. The maximum Gasteiger partial charge on any atom is 0.313 e. The first-order valence-electron chi connectivity index (χ1n) is 8.87. The Hall–Kier alpha value is -2.86. The molecule has 0 saturated heterocycles. The summed E-state index contributed by atoms with van der Waals surface area (Å²) < 4.78 is 10.9. The van der Waals surface area contributed by atoms with Crippen molar-refractivity contribution in [3.8, 4) is 5.75 Å². The number of halogens is 1. The molecule has 1 heterocycles. The van der Waals surface area contributed by atoms with Crippen molar-refractivity contribution in [1.29, 1.82) is 0 Å². The Morgan fingerprint density at radius 3 is 2.71 bits per heavy atom. The average Bonchev–Trinajstić information content (AvgIpc) is 2.67. The van der Waals surface area contributed by atoms with Crippen LogP contribution in [0.25, 0.3) is 0 Å². The molecule has 0 fully saturated rings. The fourth-order valence-corrected chi connectivity index (χ4v) is 3.17. The van der Waals surface area contributed by atoms with E-state index in [0.717, 1.165) is 5.56 Å². The van der Waals surface area contributed by atoms with Gasteiger partial charge >= 0.3 is 5.97 Å². The number of hydrogen-bond donors (Lipinski definition) is 1. The van der Waals surface area contributed by atoms with E-state index < -0.39 is 23.9 Å². The minimum absolute atomic E-state index is 0.169. The minimum atomic E-state index is -1.02. The van der Waals surface area contributed by atoms with E-state index in [4.69, 9.17) is 21.1 Å². The fourth-order valence-electron chi connectivity index (χ4n) is 2.97. The van der Waals surface area contributed by atoms with Gasteiger partial charge in [-0.3, -0.25) is 14.4 Å². The Balaban J connectivity index is 1.61. The maximum atomic E-state index is 12.5. The molecule has 28 heavy (non-hydrogen) atoms. The predicted octanol–water partition coefficient (Wildman–Crippen LogP) is 3.66. The molecule has 3 rings (SSSR count). The molecule has 0 unspecified atom stereocenters. The van der Waals surface area contributed by atoms with Gasteiger partial charge in [-0.2, -0.15) is 0 Å². The van der Waals surface area contributed by atoms with Gasteiger partial charge in [0.15, 0.2) is 11.9 Å². The number of fused-ring (bicyclic) bond motifs is 1. The number of ether oxygens (including phenoxy) is 2. The normalized spacial score (nSPS) is 16.3. The molecule has 7 heteroatoms. The molecule has 6 nitrogen and oxygen atoms in total. The highest BCUT2D eigenvalue weighted by Crippen LogP contribution is 2.30. The molecule has 0 spiro atoms. The molecular formula is C21H20ClNO5. The van der Waals surface area contributed by atoms with Crippen LogP contribution in [0.5, 0.6) is 5.75 Å². The third-order valence-corrected chi connectivity index (χ3v) is 4.72. The van der Waals surface area contributed by atoms with E-state index in [1.165, 1.54) is 13.8 Å². The predicted molar refractivity (Wildman–Crippen MR) is 105 cm³/mol. The number of benzene rings is 2. The highest BCUT2D eigenvalue weighted by Gasteiger charge is 2.30. The number of Topliss-reactive ketones (excluding diaryl/α,β-unsaturated/α-hetero) is 1. The van der Waals surface area contributed by atoms with Crippen molar-refractivity contribution in [2.45, 2.75) is 26.4 Å². The van der Waals surface area contributed by atoms with Gasteiger partial charge in [-0.05, 0) is 56.2 Å². The minimum Gasteiger partial charge on any atom is -0.492 e. The number of para-hydroxylation sites is 1. The molecule has 0 aromatic heterocycles. The van der Waals surface area contributed by atoms with Gasteiger partial charge in [0.25, 0.3) is 5.91 Å². The standard InChI is InChI=1S/C21H20ClNO5/c1-12(24)17-5-3-4-6-18(17)23-20(25)13(2)28-21(26)15-9-14-10-16(22)7-8-19(14)27-11-15/h3-8,10,13,15H,9,11H2,1-2H3,(H,23,25)/t13-,15+/m1/s1. The van der Waals surface area contributed by atoms with Crippen molar-refractivity contribution in [3.63, 3.8) is 0 Å². The Kier molecular flexibility index (Phi) is 5.99. The van der Waals surface area contributed by atoms with Gasteiger partial charge in [0.1, 0.15) is 12.4 Å². The Morgan fingerprint density at radius 2 is 1.96 bits per heavy atom. The average molecular weight is 402 g/mol. The fraction of sp³-hybridized carbons (Fsp3) is 0.286. The van der Waals surface area contributed by atoms with Gasteiger partial charge in [0, 0.05) is 10.6 Å². The summed E-state index contributed by atoms with van der Waals surface area (Å²) in [4.78, 5) is 36.5. The van der Waals surface area contributed by atoms with E-state index in [-0.39, 0.29) is 12.4 Å². The topological polar surface area (TPSA) is 81.7 Å². The third kappa shape index (κ3) is 4.51. The van der Waals surface area contributed by atoms with Crippen LogP contribution in [-0.2, 0) is 20.7 Å². The smallest absolute Gasteiger partial charge is 0.313 e. The number of hydrogen-bond acceptors (Lipinski definition) is 5. The van der Waals surface area contributed by atoms with Crippen LogP contribution in [-0.4, -0.2) is 30.4 Å². The van der Waals surface area contributed by atoms with Gasteiger partial charge in [-0.1, -0.05) is 23.7 Å². The van der Waals surface area contributed by atoms with Crippen LogP contribution in [0.4, 0.5) is 5.69 Å². The molecule has 0 radical (unpaired) electrons. The van der Waals surface area contributed by atoms with Gasteiger partial charge in [0.05, 0.1) is 11.6 Å². The first kappa shape index (κ1) is 19.9. The largest absolute Gasteiger partial charge is 0.492 e. The number of carbonyl (C=O) groups is 3. The Labute approximate surface area is 167 Å². The van der Waals surface area contributed by atoms with E-state index in [1.54, 1.807) is 42.5 Å². The van der Waals surface area contributed by atoms with Crippen LogP contribution in [0.3, 0.4) is 0 Å². The van der Waals surface area contributed by atoms with Crippen molar-refractivity contribution in [2.75, 3.05) is 11.9 Å². The Morgan fingerprint density at radius 1 is 1.21 bits per heavy atom. The lowest BCUT2D eigenvalue weighted by Crippen LogP contribution is -2.36. The highest BCUT2D eigenvalue weighted by molar-refractivity contribution is 6.30. The first-order valence-corrected chi connectivity index (χ1v) is 9.25. The summed E-state index contributed by atoms with van der Waals surface area (Å²) in [5, 5.41) is 3.20. The number of esters is 1. The molecule has 1 amide bonds. The van der Waals surface area contributed by atoms with Crippen LogP contribution < -0.4 is 10.1 Å². The summed E-state index contributed by atoms with van der Waals surface area (Å²) in [6.07, 6.45) is -0.593. The zero-order chi connectivity index (χ0) is 20.3. The number of carbonyl (C=O) groups excluding carboxylic acids is 3. The lowest BCUT2D eigenvalue weighted by molar-refractivity contribution is -0.158. The van der Waals surface area contributed by atoms with Crippen molar-refractivity contribution < 1.29 is 23.9 Å². The van der Waals surface area contributed by atoms with Gasteiger partial charge in [-0.15, -0.1) is 0 Å². The number of rotatable bonds is 5. The maximum absolute atomic E-state index is 12.5. The van der Waals surface area contributed by atoms with Gasteiger partial charge in [0.2, 0.25) is 0 Å². The number of nitrogens with one attached hydrogen (secondary N) is 1. The van der Waals surface area contributed by atoms with Crippen molar-refractivity contribution in [1.82, 2.24) is 0 Å². The molecule has 2 atom stereocenters.